The zero-order valence-corrected chi connectivity index (χ0v) is 11.4. The number of aliphatic hydroxyl groups is 1. The maximum absolute atomic E-state index is 8.71. The van der Waals surface area contributed by atoms with Crippen LogP contribution in [0.2, 0.25) is 0 Å². The van der Waals surface area contributed by atoms with Crippen molar-refractivity contribution in [2.45, 2.75) is 53.4 Å². The lowest BCUT2D eigenvalue weighted by Crippen LogP contribution is -1.93. The van der Waals surface area contributed by atoms with Gasteiger partial charge in [-0.15, -0.1) is 0 Å². The second-order valence-corrected chi connectivity index (χ2v) is 5.17. The zero-order valence-electron chi connectivity index (χ0n) is 11.4. The molecule has 0 spiro atoms. The van der Waals surface area contributed by atoms with Gasteiger partial charge in [-0.05, 0) is 31.6 Å². The van der Waals surface area contributed by atoms with Crippen LogP contribution in [0.15, 0.2) is 23.8 Å². The van der Waals surface area contributed by atoms with Gasteiger partial charge in [-0.2, -0.15) is 0 Å². The minimum absolute atomic E-state index is 0.156. The molecule has 0 bridgehead atoms. The van der Waals surface area contributed by atoms with E-state index in [1.54, 1.807) is 0 Å². The molecule has 1 heteroatoms. The molecule has 1 nitrogen and oxygen atoms in total. The summed E-state index contributed by atoms with van der Waals surface area (Å²) >= 11 is 0. The van der Waals surface area contributed by atoms with E-state index in [9.17, 15) is 0 Å². The lowest BCUT2D eigenvalue weighted by Gasteiger charge is -2.07. The molecule has 94 valence electrons. The smallest absolute Gasteiger partial charge is 0.0615 e. The monoisotopic (exact) mass is 224 g/mol. The van der Waals surface area contributed by atoms with Crippen molar-refractivity contribution in [2.24, 2.45) is 11.8 Å². The average molecular weight is 224 g/mol. The standard InChI is InChI=1S/C15H28O/c1-13(2)7-5-8-14(3)9-6-10-15(4)11-12-16/h6,9,11,13-14,16H,5,7-8,10,12H2,1-4H3. The van der Waals surface area contributed by atoms with Crippen LogP contribution >= 0.6 is 0 Å². The van der Waals surface area contributed by atoms with E-state index < -0.39 is 0 Å². The third kappa shape index (κ3) is 9.97. The van der Waals surface area contributed by atoms with Gasteiger partial charge in [0.1, 0.15) is 0 Å². The van der Waals surface area contributed by atoms with Gasteiger partial charge in [0.25, 0.3) is 0 Å². The minimum Gasteiger partial charge on any atom is -0.392 e. The van der Waals surface area contributed by atoms with Crippen LogP contribution in [0.3, 0.4) is 0 Å². The summed E-state index contributed by atoms with van der Waals surface area (Å²) in [6.45, 7) is 9.06. The first kappa shape index (κ1) is 15.4. The molecular formula is C15H28O. The fraction of sp³-hybridized carbons (Fsp3) is 0.733. The Labute approximate surface area is 101 Å². The predicted octanol–water partition coefficient (Wildman–Crippen LogP) is 4.33. The number of hydrogen-bond acceptors (Lipinski definition) is 1. The van der Waals surface area contributed by atoms with Crippen LogP contribution in [0.25, 0.3) is 0 Å². The Hall–Kier alpha value is -0.560. The van der Waals surface area contributed by atoms with Crippen molar-refractivity contribution in [1.29, 1.82) is 0 Å². The van der Waals surface area contributed by atoms with Crippen molar-refractivity contribution in [3.8, 4) is 0 Å². The molecule has 0 aliphatic rings. The normalized spacial score (nSPS) is 15.0. The summed E-state index contributed by atoms with van der Waals surface area (Å²) in [7, 11) is 0. The lowest BCUT2D eigenvalue weighted by molar-refractivity contribution is 0.341. The second kappa shape index (κ2) is 9.65. The minimum atomic E-state index is 0.156. The van der Waals surface area contributed by atoms with Crippen molar-refractivity contribution in [3.63, 3.8) is 0 Å². The molecule has 0 saturated carbocycles. The third-order valence-electron chi connectivity index (χ3n) is 2.79. The fourth-order valence-electron chi connectivity index (χ4n) is 1.67. The Morgan fingerprint density at radius 2 is 1.88 bits per heavy atom. The molecule has 16 heavy (non-hydrogen) atoms. The van der Waals surface area contributed by atoms with Crippen molar-refractivity contribution >= 4 is 0 Å². The predicted molar refractivity (Wildman–Crippen MR) is 72.5 cm³/mol. The van der Waals surface area contributed by atoms with E-state index in [-0.39, 0.29) is 6.61 Å². The van der Waals surface area contributed by atoms with Gasteiger partial charge >= 0.3 is 0 Å². The Bertz CT molecular complexity index is 213. The summed E-state index contributed by atoms with van der Waals surface area (Å²) in [5, 5.41) is 8.71. The molecule has 0 saturated heterocycles. The maximum Gasteiger partial charge on any atom is 0.0615 e. The van der Waals surface area contributed by atoms with Crippen LogP contribution in [-0.4, -0.2) is 11.7 Å². The first-order chi connectivity index (χ1) is 7.56. The molecule has 0 aromatic rings. The fourth-order valence-corrected chi connectivity index (χ4v) is 1.67. The average Bonchev–Trinajstić information content (AvgIpc) is 2.17. The van der Waals surface area contributed by atoms with Gasteiger partial charge in [0, 0.05) is 0 Å². The Kier molecular flexibility index (Phi) is 9.31. The molecular weight excluding hydrogens is 196 g/mol. The summed E-state index contributed by atoms with van der Waals surface area (Å²) in [6, 6.07) is 0. The van der Waals surface area contributed by atoms with Crippen molar-refractivity contribution in [2.75, 3.05) is 6.61 Å². The summed E-state index contributed by atoms with van der Waals surface area (Å²) in [4.78, 5) is 0. The van der Waals surface area contributed by atoms with E-state index >= 15 is 0 Å². The molecule has 0 aliphatic heterocycles. The number of aliphatic hydroxyl groups excluding tert-OH is 1. The van der Waals surface area contributed by atoms with Crippen LogP contribution in [0.4, 0.5) is 0 Å². The summed E-state index contributed by atoms with van der Waals surface area (Å²) in [5.74, 6) is 1.51. The van der Waals surface area contributed by atoms with Gasteiger partial charge in [-0.25, -0.2) is 0 Å². The van der Waals surface area contributed by atoms with Gasteiger partial charge in [0.05, 0.1) is 6.61 Å². The number of allylic oxidation sites excluding steroid dienone is 3. The Morgan fingerprint density at radius 1 is 1.19 bits per heavy atom. The summed E-state index contributed by atoms with van der Waals surface area (Å²) in [6.07, 6.45) is 11.3. The van der Waals surface area contributed by atoms with E-state index in [4.69, 9.17) is 5.11 Å². The molecule has 1 unspecified atom stereocenters. The highest BCUT2D eigenvalue weighted by Crippen LogP contribution is 2.14. The molecule has 0 radical (unpaired) electrons. The highest BCUT2D eigenvalue weighted by atomic mass is 16.2. The van der Waals surface area contributed by atoms with E-state index in [2.05, 4.69) is 39.8 Å². The largest absolute Gasteiger partial charge is 0.392 e. The highest BCUT2D eigenvalue weighted by molar-refractivity contribution is 5.05. The van der Waals surface area contributed by atoms with E-state index in [0.717, 1.165) is 12.3 Å². The van der Waals surface area contributed by atoms with Crippen LogP contribution in [0.1, 0.15) is 53.4 Å². The van der Waals surface area contributed by atoms with Crippen molar-refractivity contribution in [3.05, 3.63) is 23.8 Å². The first-order valence-electron chi connectivity index (χ1n) is 6.49. The lowest BCUT2D eigenvalue weighted by atomic mass is 9.99. The van der Waals surface area contributed by atoms with Gasteiger partial charge < -0.3 is 5.11 Å². The summed E-state index contributed by atoms with van der Waals surface area (Å²) < 4.78 is 0. The van der Waals surface area contributed by atoms with Crippen LogP contribution in [-0.2, 0) is 0 Å². The molecule has 0 amide bonds. The van der Waals surface area contributed by atoms with E-state index in [1.165, 1.54) is 24.8 Å². The highest BCUT2D eigenvalue weighted by Gasteiger charge is 1.98. The Balaban J connectivity index is 3.66. The van der Waals surface area contributed by atoms with Crippen LogP contribution < -0.4 is 0 Å². The van der Waals surface area contributed by atoms with Gasteiger partial charge in [-0.1, -0.05) is 57.4 Å². The number of hydrogen-bond donors (Lipinski definition) is 1. The molecule has 0 rings (SSSR count). The first-order valence-corrected chi connectivity index (χ1v) is 6.49. The molecule has 0 aromatic carbocycles. The molecule has 0 aromatic heterocycles. The molecule has 0 aliphatic carbocycles. The third-order valence-corrected chi connectivity index (χ3v) is 2.79. The maximum atomic E-state index is 8.71. The molecule has 0 heterocycles. The SMILES string of the molecule is CC(=CCO)CC=CC(C)CCCC(C)C. The van der Waals surface area contributed by atoms with E-state index in [0.29, 0.717) is 5.92 Å². The van der Waals surface area contributed by atoms with Crippen LogP contribution in [0, 0.1) is 11.8 Å². The molecule has 0 fully saturated rings. The topological polar surface area (TPSA) is 20.2 Å². The Morgan fingerprint density at radius 3 is 2.44 bits per heavy atom. The van der Waals surface area contributed by atoms with Crippen molar-refractivity contribution < 1.29 is 5.11 Å². The molecule has 1 atom stereocenters. The quantitative estimate of drug-likeness (QED) is 0.608. The molecule has 1 N–H and O–H groups in total. The van der Waals surface area contributed by atoms with E-state index in [1.807, 2.05) is 6.08 Å². The van der Waals surface area contributed by atoms with Crippen molar-refractivity contribution in [1.82, 2.24) is 0 Å². The van der Waals surface area contributed by atoms with Crippen LogP contribution in [0.5, 0.6) is 0 Å². The second-order valence-electron chi connectivity index (χ2n) is 5.17. The summed E-state index contributed by atoms with van der Waals surface area (Å²) in [5.41, 5.74) is 1.24. The van der Waals surface area contributed by atoms with Gasteiger partial charge in [0.15, 0.2) is 0 Å². The van der Waals surface area contributed by atoms with Gasteiger partial charge in [0.2, 0.25) is 0 Å². The van der Waals surface area contributed by atoms with Gasteiger partial charge in [-0.3, -0.25) is 0 Å². The zero-order chi connectivity index (χ0) is 12.4. The number of rotatable bonds is 8.